The second-order valence-electron chi connectivity index (χ2n) is 7.01. The Hall–Kier alpha value is -1.55. The van der Waals surface area contributed by atoms with E-state index in [0.717, 1.165) is 19.5 Å². The number of halogens is 2. The first kappa shape index (κ1) is 20.8. The molecule has 26 heavy (non-hydrogen) atoms. The van der Waals surface area contributed by atoms with Crippen molar-refractivity contribution in [2.24, 2.45) is 0 Å². The van der Waals surface area contributed by atoms with E-state index in [1.807, 2.05) is 12.3 Å². The smallest absolute Gasteiger partial charge is 0.0486 e. The molecule has 0 saturated heterocycles. The Kier molecular flexibility index (Phi) is 7.10. The number of nitrogens with zero attached hydrogens (tertiary/aromatic N) is 3. The molecule has 0 aliphatic carbocycles. The molecule has 1 aromatic carbocycles. The van der Waals surface area contributed by atoms with Gasteiger partial charge in [-0.3, -0.25) is 4.98 Å². The molecule has 2 aromatic heterocycles. The van der Waals surface area contributed by atoms with Gasteiger partial charge in [0.05, 0.1) is 0 Å². The molecule has 0 amide bonds. The van der Waals surface area contributed by atoms with Crippen molar-refractivity contribution in [2.45, 2.75) is 39.3 Å². The monoisotopic (exact) mass is 391 g/mol. The van der Waals surface area contributed by atoms with Gasteiger partial charge in [-0.2, -0.15) is 0 Å². The molecule has 1 aliphatic rings. The summed E-state index contributed by atoms with van der Waals surface area (Å²) in [4.78, 5) is 6.95. The van der Waals surface area contributed by atoms with Gasteiger partial charge in [0.1, 0.15) is 0 Å². The lowest BCUT2D eigenvalue weighted by atomic mass is 10.1. The second-order valence-corrected chi connectivity index (χ2v) is 7.01. The van der Waals surface area contributed by atoms with Crippen LogP contribution in [-0.2, 0) is 25.9 Å². The first-order valence-electron chi connectivity index (χ1n) is 8.91. The van der Waals surface area contributed by atoms with Crippen molar-refractivity contribution in [3.8, 4) is 0 Å². The van der Waals surface area contributed by atoms with Crippen LogP contribution in [0.15, 0.2) is 42.6 Å². The normalized spacial score (nSPS) is 14.2. The first-order chi connectivity index (χ1) is 11.7. The lowest BCUT2D eigenvalue weighted by Gasteiger charge is -2.12. The highest BCUT2D eigenvalue weighted by atomic mass is 35.5. The van der Waals surface area contributed by atoms with Crippen LogP contribution in [0.5, 0.6) is 0 Å². The third-order valence-corrected chi connectivity index (χ3v) is 5.14. The highest BCUT2D eigenvalue weighted by Crippen LogP contribution is 2.31. The van der Waals surface area contributed by atoms with Crippen molar-refractivity contribution in [1.82, 2.24) is 14.5 Å². The van der Waals surface area contributed by atoms with Crippen molar-refractivity contribution >= 4 is 35.7 Å². The largest absolute Gasteiger partial charge is 0.344 e. The maximum atomic E-state index is 4.49. The number of fused-ring (bicyclic) bond motifs is 3. The van der Waals surface area contributed by atoms with Crippen molar-refractivity contribution < 1.29 is 0 Å². The summed E-state index contributed by atoms with van der Waals surface area (Å²) in [5.41, 5.74) is 6.98. The minimum absolute atomic E-state index is 0. The van der Waals surface area contributed by atoms with Gasteiger partial charge in [-0.15, -0.1) is 24.8 Å². The van der Waals surface area contributed by atoms with E-state index in [9.17, 15) is 0 Å². The summed E-state index contributed by atoms with van der Waals surface area (Å²) in [5.74, 6) is 0. The molecule has 0 saturated carbocycles. The molecule has 0 atom stereocenters. The molecule has 0 N–H and O–H groups in total. The summed E-state index contributed by atoms with van der Waals surface area (Å²) in [5, 5.41) is 1.44. The zero-order chi connectivity index (χ0) is 16.5. The molecule has 3 nitrogen and oxygen atoms in total. The molecule has 0 fully saturated rings. The van der Waals surface area contributed by atoms with Gasteiger partial charge < -0.3 is 9.47 Å². The lowest BCUT2D eigenvalue weighted by molar-refractivity contribution is 0.333. The first-order valence-corrected chi connectivity index (χ1v) is 8.91. The van der Waals surface area contributed by atoms with Crippen LogP contribution in [0.3, 0.4) is 0 Å². The Morgan fingerprint density at radius 3 is 2.73 bits per heavy atom. The average Bonchev–Trinajstić information content (AvgIpc) is 2.73. The highest BCUT2D eigenvalue weighted by molar-refractivity contribution is 5.86. The second kappa shape index (κ2) is 8.90. The number of aryl methyl sites for hydroxylation is 3. The molecule has 5 heteroatoms. The van der Waals surface area contributed by atoms with E-state index in [2.05, 4.69) is 58.8 Å². The van der Waals surface area contributed by atoms with Gasteiger partial charge in [0.25, 0.3) is 0 Å². The average molecular weight is 392 g/mol. The minimum atomic E-state index is 0. The molecular formula is C21H27Cl2N3. The quantitative estimate of drug-likeness (QED) is 0.638. The molecule has 0 spiro atoms. The molecule has 3 aromatic rings. The summed E-state index contributed by atoms with van der Waals surface area (Å²) in [6, 6.07) is 13.1. The number of benzene rings is 1. The highest BCUT2D eigenvalue weighted by Gasteiger charge is 2.20. The Labute approximate surface area is 168 Å². The van der Waals surface area contributed by atoms with Crippen molar-refractivity contribution in [3.05, 3.63) is 65.1 Å². The summed E-state index contributed by atoms with van der Waals surface area (Å²) >= 11 is 0. The Morgan fingerprint density at radius 1 is 1.12 bits per heavy atom. The minimum Gasteiger partial charge on any atom is -0.344 e. The van der Waals surface area contributed by atoms with E-state index in [1.54, 1.807) is 0 Å². The number of hydrogen-bond acceptors (Lipinski definition) is 2. The van der Waals surface area contributed by atoms with E-state index in [1.165, 1.54) is 52.8 Å². The lowest BCUT2D eigenvalue weighted by Crippen LogP contribution is -2.17. The number of hydrogen-bond donors (Lipinski definition) is 0. The van der Waals surface area contributed by atoms with Crippen LogP contribution in [0, 0.1) is 6.92 Å². The number of rotatable bonds is 3. The molecule has 4 rings (SSSR count). The van der Waals surface area contributed by atoms with Gasteiger partial charge in [0.15, 0.2) is 0 Å². The Balaban J connectivity index is 0.00000121. The third-order valence-electron chi connectivity index (χ3n) is 5.14. The molecule has 0 radical (unpaired) electrons. The van der Waals surface area contributed by atoms with E-state index >= 15 is 0 Å². The van der Waals surface area contributed by atoms with E-state index in [0.29, 0.717) is 0 Å². The van der Waals surface area contributed by atoms with E-state index in [4.69, 9.17) is 0 Å². The fourth-order valence-corrected chi connectivity index (χ4v) is 3.95. The van der Waals surface area contributed by atoms with Crippen molar-refractivity contribution in [3.63, 3.8) is 0 Å². The van der Waals surface area contributed by atoms with Crippen LogP contribution in [0.4, 0.5) is 0 Å². The van der Waals surface area contributed by atoms with Crippen LogP contribution >= 0.6 is 24.8 Å². The van der Waals surface area contributed by atoms with Gasteiger partial charge in [0, 0.05) is 48.0 Å². The molecule has 0 bridgehead atoms. The van der Waals surface area contributed by atoms with Crippen molar-refractivity contribution in [1.29, 1.82) is 0 Å². The van der Waals surface area contributed by atoms with E-state index in [-0.39, 0.29) is 24.8 Å². The van der Waals surface area contributed by atoms with Gasteiger partial charge in [-0.05, 0) is 63.2 Å². The van der Waals surface area contributed by atoms with Gasteiger partial charge >= 0.3 is 0 Å². The van der Waals surface area contributed by atoms with Gasteiger partial charge in [-0.25, -0.2) is 0 Å². The van der Waals surface area contributed by atoms with Crippen LogP contribution in [0.2, 0.25) is 0 Å². The molecule has 140 valence electrons. The molecular weight excluding hydrogens is 365 g/mol. The Bertz CT molecular complexity index is 859. The maximum absolute atomic E-state index is 4.49. The summed E-state index contributed by atoms with van der Waals surface area (Å²) in [7, 11) is 2.24. The SMILES string of the molecule is Cc1ccc2c(c1)c1c(n2CCc2ccccn2)CCCN(C)C1.Cl.Cl. The zero-order valence-corrected chi connectivity index (χ0v) is 17.1. The fraction of sp³-hybridized carbons (Fsp3) is 0.381. The summed E-state index contributed by atoms with van der Waals surface area (Å²) in [6.45, 7) is 5.45. The molecule has 1 aliphatic heterocycles. The Morgan fingerprint density at radius 2 is 1.96 bits per heavy atom. The topological polar surface area (TPSA) is 21.1 Å². The van der Waals surface area contributed by atoms with Crippen LogP contribution in [0.25, 0.3) is 10.9 Å². The molecule has 0 unspecified atom stereocenters. The molecule has 3 heterocycles. The standard InChI is InChI=1S/C21H25N3.2ClH/c1-16-8-9-21-18(14-16)19-15-23(2)12-5-7-20(19)24(21)13-10-17-6-3-4-11-22-17;;/h3-4,6,8-9,11,14H,5,7,10,12-13,15H2,1-2H3;2*1H. The fourth-order valence-electron chi connectivity index (χ4n) is 3.95. The van der Waals surface area contributed by atoms with E-state index < -0.39 is 0 Å². The van der Waals surface area contributed by atoms with Crippen molar-refractivity contribution in [2.75, 3.05) is 13.6 Å². The van der Waals surface area contributed by atoms with Crippen LogP contribution in [-0.4, -0.2) is 28.0 Å². The predicted molar refractivity (Wildman–Crippen MR) is 114 cm³/mol. The predicted octanol–water partition coefficient (Wildman–Crippen LogP) is 4.81. The number of aromatic nitrogens is 2. The third kappa shape index (κ3) is 4.06. The van der Waals surface area contributed by atoms with Crippen LogP contribution < -0.4 is 0 Å². The van der Waals surface area contributed by atoms with Gasteiger partial charge in [0.2, 0.25) is 0 Å². The maximum Gasteiger partial charge on any atom is 0.0486 e. The van der Waals surface area contributed by atoms with Gasteiger partial charge in [-0.1, -0.05) is 17.7 Å². The van der Waals surface area contributed by atoms with Crippen LogP contribution in [0.1, 0.15) is 28.9 Å². The zero-order valence-electron chi connectivity index (χ0n) is 15.4. The number of pyridine rings is 1. The summed E-state index contributed by atoms with van der Waals surface area (Å²) < 4.78 is 2.55. The summed E-state index contributed by atoms with van der Waals surface area (Å²) in [6.07, 6.45) is 5.29.